The van der Waals surface area contributed by atoms with E-state index >= 15 is 0 Å². The van der Waals surface area contributed by atoms with Crippen molar-refractivity contribution in [3.05, 3.63) is 34.9 Å². The van der Waals surface area contributed by atoms with Crippen LogP contribution in [-0.4, -0.2) is 24.2 Å². The first-order valence-electron chi connectivity index (χ1n) is 9.26. The minimum atomic E-state index is -3.44. The lowest BCUT2D eigenvalue weighted by Gasteiger charge is -2.21. The van der Waals surface area contributed by atoms with Crippen LogP contribution in [0.3, 0.4) is 0 Å². The van der Waals surface area contributed by atoms with E-state index in [1.807, 2.05) is 13.0 Å². The Hall–Kier alpha value is -0.670. The maximum atomic E-state index is 12.4. The van der Waals surface area contributed by atoms with Crippen molar-refractivity contribution in [2.45, 2.75) is 79.5 Å². The zero-order valence-corrected chi connectivity index (χ0v) is 17.8. The third-order valence-corrected chi connectivity index (χ3v) is 5.96. The molecule has 1 N–H and O–H groups in total. The summed E-state index contributed by atoms with van der Waals surface area (Å²) in [4.78, 5) is 0. The lowest BCUT2D eigenvalue weighted by atomic mass is 10.1. The Bertz CT molecular complexity index is 492. The number of hydrogen-bond donors (Lipinski definition) is 1. The van der Waals surface area contributed by atoms with Crippen LogP contribution in [0.5, 0.6) is 0 Å². The van der Waals surface area contributed by atoms with E-state index in [0.717, 1.165) is 25.7 Å². The fraction of sp³-hybridized carbons (Fsp3) is 0.700. The average Bonchev–Trinajstić information content (AvgIpc) is 2.52. The molecular weight excluding hydrogens is 335 g/mol. The third kappa shape index (κ3) is 11.5. The summed E-state index contributed by atoms with van der Waals surface area (Å²) in [5, 5.41) is 10.2. The molecule has 1 unspecified atom stereocenters. The molecule has 0 saturated heterocycles. The van der Waals surface area contributed by atoms with Gasteiger partial charge < -0.3 is 14.2 Å². The zero-order valence-electron chi connectivity index (χ0n) is 16.9. The molecule has 1 atom stereocenters. The summed E-state index contributed by atoms with van der Waals surface area (Å²) >= 11 is 0. The van der Waals surface area contributed by atoms with Crippen LogP contribution >= 0.6 is 7.60 Å². The molecular formula is C20H37O4P. The van der Waals surface area contributed by atoms with E-state index in [1.54, 1.807) is 13.8 Å². The van der Waals surface area contributed by atoms with Gasteiger partial charge in [0.25, 0.3) is 0 Å². The first-order chi connectivity index (χ1) is 11.7. The molecule has 0 heterocycles. The van der Waals surface area contributed by atoms with Crippen LogP contribution in [0.2, 0.25) is 0 Å². The molecule has 5 heteroatoms. The Labute approximate surface area is 154 Å². The average molecular weight is 372 g/mol. The first-order valence-corrected chi connectivity index (χ1v) is 10.9. The number of aliphatic hydroxyl groups excluding tert-OH is 1. The second kappa shape index (κ2) is 13.5. The summed E-state index contributed by atoms with van der Waals surface area (Å²) in [5.74, 6) is -1.11. The molecule has 0 amide bonds. The van der Waals surface area contributed by atoms with Crippen LogP contribution in [0.4, 0.5) is 0 Å². The predicted octanol–water partition coefficient (Wildman–Crippen LogP) is 6.38. The van der Waals surface area contributed by atoms with Crippen molar-refractivity contribution in [1.82, 2.24) is 0 Å². The normalized spacial score (nSPS) is 14.5. The lowest BCUT2D eigenvalue weighted by molar-refractivity contribution is 0.150. The van der Waals surface area contributed by atoms with Gasteiger partial charge in [0, 0.05) is 6.42 Å². The summed E-state index contributed by atoms with van der Waals surface area (Å²) in [6.45, 7) is 12.4. The quantitative estimate of drug-likeness (QED) is 0.301. The van der Waals surface area contributed by atoms with Crippen molar-refractivity contribution in [3.8, 4) is 0 Å². The Morgan fingerprint density at radius 2 is 1.40 bits per heavy atom. The monoisotopic (exact) mass is 372 g/mol. The molecule has 0 bridgehead atoms. The molecule has 0 aliphatic rings. The Morgan fingerprint density at radius 3 is 1.88 bits per heavy atom. The highest BCUT2D eigenvalue weighted by atomic mass is 31.2. The van der Waals surface area contributed by atoms with E-state index in [9.17, 15) is 9.67 Å². The minimum absolute atomic E-state index is 0.258. The minimum Gasteiger partial charge on any atom is -0.380 e. The number of hydrogen-bond acceptors (Lipinski definition) is 4. The first kappa shape index (κ1) is 24.3. The van der Waals surface area contributed by atoms with E-state index in [4.69, 9.17) is 9.05 Å². The highest BCUT2D eigenvalue weighted by Crippen LogP contribution is 2.53. The smallest absolute Gasteiger partial charge is 0.359 e. The molecule has 0 aliphatic heterocycles. The highest BCUT2D eigenvalue weighted by Gasteiger charge is 2.32. The fourth-order valence-electron chi connectivity index (χ4n) is 2.34. The predicted molar refractivity (Wildman–Crippen MR) is 107 cm³/mol. The fourth-order valence-corrected chi connectivity index (χ4v) is 3.85. The largest absolute Gasteiger partial charge is 0.380 e. The van der Waals surface area contributed by atoms with Gasteiger partial charge in [-0.2, -0.15) is 0 Å². The van der Waals surface area contributed by atoms with Crippen molar-refractivity contribution in [2.75, 3.05) is 13.2 Å². The highest BCUT2D eigenvalue weighted by molar-refractivity contribution is 7.54. The van der Waals surface area contributed by atoms with Crippen LogP contribution in [0.1, 0.15) is 73.6 Å². The maximum absolute atomic E-state index is 12.4. The van der Waals surface area contributed by atoms with E-state index in [1.165, 1.54) is 16.7 Å². The van der Waals surface area contributed by atoms with Gasteiger partial charge in [0.1, 0.15) is 0 Å². The van der Waals surface area contributed by atoms with Crippen LogP contribution in [-0.2, 0) is 13.6 Å². The third-order valence-electron chi connectivity index (χ3n) is 3.78. The number of allylic oxidation sites excluding steroid dienone is 5. The van der Waals surface area contributed by atoms with Crippen LogP contribution in [0.25, 0.3) is 0 Å². The zero-order chi connectivity index (χ0) is 19.3. The lowest BCUT2D eigenvalue weighted by Crippen LogP contribution is -2.12. The molecule has 146 valence electrons. The summed E-state index contributed by atoms with van der Waals surface area (Å²) in [7, 11) is -3.44. The van der Waals surface area contributed by atoms with Gasteiger partial charge in [-0.25, -0.2) is 0 Å². The van der Waals surface area contributed by atoms with Crippen molar-refractivity contribution >= 4 is 7.60 Å². The second-order valence-electron chi connectivity index (χ2n) is 6.55. The summed E-state index contributed by atoms with van der Waals surface area (Å²) < 4.78 is 22.8. The Kier molecular flexibility index (Phi) is 13.2. The van der Waals surface area contributed by atoms with Gasteiger partial charge >= 0.3 is 7.60 Å². The number of aliphatic hydroxyl groups is 1. The molecule has 4 nitrogen and oxygen atoms in total. The molecule has 0 aromatic rings. The van der Waals surface area contributed by atoms with Gasteiger partial charge in [0.2, 0.25) is 0 Å². The molecule has 0 rings (SSSR count). The van der Waals surface area contributed by atoms with Crippen LogP contribution < -0.4 is 0 Å². The van der Waals surface area contributed by atoms with Gasteiger partial charge in [0.05, 0.1) is 13.2 Å². The molecule has 0 aliphatic carbocycles. The van der Waals surface area contributed by atoms with Gasteiger partial charge in [-0.05, 0) is 67.2 Å². The van der Waals surface area contributed by atoms with Gasteiger partial charge in [-0.1, -0.05) is 34.9 Å². The molecule has 0 spiro atoms. The van der Waals surface area contributed by atoms with Crippen LogP contribution in [0, 0.1) is 0 Å². The summed E-state index contributed by atoms with van der Waals surface area (Å²) in [6, 6.07) is 0. The van der Waals surface area contributed by atoms with Gasteiger partial charge in [-0.15, -0.1) is 0 Å². The SMILES string of the molecule is CCOP(=O)(OCC)C(O)C/C=C(\C)CC/C=C(\C)CCC=C(C)C. The summed E-state index contributed by atoms with van der Waals surface area (Å²) in [6.07, 6.45) is 10.9. The van der Waals surface area contributed by atoms with E-state index < -0.39 is 13.4 Å². The Morgan fingerprint density at radius 1 is 0.920 bits per heavy atom. The van der Waals surface area contributed by atoms with Gasteiger partial charge in [-0.3, -0.25) is 4.57 Å². The molecule has 0 saturated carbocycles. The molecule has 25 heavy (non-hydrogen) atoms. The summed E-state index contributed by atoms with van der Waals surface area (Å²) in [5.41, 5.74) is 3.94. The standard InChI is InChI=1S/C20H37O4P/c1-7-23-25(22,24-8-2)20(21)16-15-19(6)14-10-13-18(5)12-9-11-17(3)4/h11,13,15,20-21H,7-10,12,14,16H2,1-6H3/b18-13+,19-15+. The molecule has 0 fully saturated rings. The van der Waals surface area contributed by atoms with Crippen molar-refractivity contribution in [3.63, 3.8) is 0 Å². The maximum Gasteiger partial charge on any atom is 0.359 e. The molecule has 0 radical (unpaired) electrons. The van der Waals surface area contributed by atoms with E-state index in [2.05, 4.69) is 32.9 Å². The Balaban J connectivity index is 4.40. The second-order valence-corrected chi connectivity index (χ2v) is 8.74. The molecule has 0 aromatic carbocycles. The van der Waals surface area contributed by atoms with Crippen molar-refractivity contribution in [1.29, 1.82) is 0 Å². The molecule has 0 aromatic heterocycles. The topological polar surface area (TPSA) is 55.8 Å². The van der Waals surface area contributed by atoms with Gasteiger partial charge in [0.15, 0.2) is 5.85 Å². The van der Waals surface area contributed by atoms with E-state index in [-0.39, 0.29) is 19.6 Å². The van der Waals surface area contributed by atoms with E-state index in [0.29, 0.717) is 0 Å². The number of rotatable bonds is 13. The van der Waals surface area contributed by atoms with Crippen molar-refractivity contribution < 1.29 is 18.7 Å². The van der Waals surface area contributed by atoms with Crippen LogP contribution in [0.15, 0.2) is 34.9 Å². The van der Waals surface area contributed by atoms with Crippen molar-refractivity contribution in [2.24, 2.45) is 0 Å².